The maximum Gasteiger partial charge on any atom is 0.322 e. The molecule has 3 aliphatic rings. The normalized spacial score (nSPS) is 25.7. The van der Waals surface area contributed by atoms with E-state index in [1.54, 1.807) is 17.9 Å². The Morgan fingerprint density at radius 2 is 1.85 bits per heavy atom. The first-order valence-corrected chi connectivity index (χ1v) is 9.56. The van der Waals surface area contributed by atoms with E-state index in [1.807, 2.05) is 0 Å². The van der Waals surface area contributed by atoms with Gasteiger partial charge in [0.25, 0.3) is 17.4 Å². The van der Waals surface area contributed by atoms with Crippen LogP contribution in [0.3, 0.4) is 0 Å². The zero-order valence-corrected chi connectivity index (χ0v) is 15.4. The Hall–Kier alpha value is -2.64. The van der Waals surface area contributed by atoms with Gasteiger partial charge >= 0.3 is 6.03 Å². The molecule has 3 N–H and O–H groups in total. The summed E-state index contributed by atoms with van der Waals surface area (Å²) in [6, 6.07) is 1.29. The van der Waals surface area contributed by atoms with Crippen LogP contribution in [0.1, 0.15) is 54.2 Å². The summed E-state index contributed by atoms with van der Waals surface area (Å²) in [6.45, 7) is 2.64. The van der Waals surface area contributed by atoms with Crippen molar-refractivity contribution in [1.82, 2.24) is 20.5 Å². The number of hydrogen-bond acceptors (Lipinski definition) is 4. The number of hydrogen-bond donors (Lipinski definition) is 3. The van der Waals surface area contributed by atoms with Gasteiger partial charge in [0.2, 0.25) is 0 Å². The number of carbonyl (C=O) groups excluding carboxylic acids is 3. The van der Waals surface area contributed by atoms with E-state index in [1.165, 1.54) is 0 Å². The molecule has 1 aromatic rings. The Labute approximate surface area is 156 Å². The lowest BCUT2D eigenvalue weighted by Crippen LogP contribution is -2.54. The van der Waals surface area contributed by atoms with Gasteiger partial charge in [0.1, 0.15) is 11.1 Å². The first-order chi connectivity index (χ1) is 12.9. The van der Waals surface area contributed by atoms with Gasteiger partial charge in [-0.25, -0.2) is 4.79 Å². The number of pyridine rings is 1. The highest BCUT2D eigenvalue weighted by atomic mass is 16.2. The van der Waals surface area contributed by atoms with Gasteiger partial charge in [0.05, 0.1) is 0 Å². The molecule has 144 valence electrons. The van der Waals surface area contributed by atoms with Crippen LogP contribution >= 0.6 is 0 Å². The fraction of sp³-hybridized carbons (Fsp3) is 0.579. The van der Waals surface area contributed by atoms with Crippen LogP contribution in [0.25, 0.3) is 0 Å². The highest BCUT2D eigenvalue weighted by molar-refractivity contribution is 6.07. The van der Waals surface area contributed by atoms with Crippen LogP contribution < -0.4 is 16.2 Å². The summed E-state index contributed by atoms with van der Waals surface area (Å²) in [6.07, 6.45) is 5.08. The number of fused-ring (bicyclic) bond motifs is 1. The summed E-state index contributed by atoms with van der Waals surface area (Å²) >= 11 is 0. The molecular formula is C19H24N4O4. The van der Waals surface area contributed by atoms with E-state index in [0.717, 1.165) is 36.9 Å². The molecule has 8 nitrogen and oxygen atoms in total. The minimum Gasteiger partial charge on any atom is -0.338 e. The highest BCUT2D eigenvalue weighted by Gasteiger charge is 2.48. The van der Waals surface area contributed by atoms with E-state index in [2.05, 4.69) is 15.6 Å². The number of amides is 4. The molecule has 0 saturated carbocycles. The van der Waals surface area contributed by atoms with Gasteiger partial charge < -0.3 is 15.2 Å². The number of nitrogens with zero attached hydrogens (tertiary/aromatic N) is 1. The molecule has 27 heavy (non-hydrogen) atoms. The molecule has 0 radical (unpaired) electrons. The molecule has 1 unspecified atom stereocenters. The topological polar surface area (TPSA) is 111 Å². The molecule has 3 heterocycles. The van der Waals surface area contributed by atoms with Crippen LogP contribution in [0.15, 0.2) is 10.9 Å². The minimum atomic E-state index is -0.935. The molecule has 1 aromatic heterocycles. The third-order valence-electron chi connectivity index (χ3n) is 6.24. The minimum absolute atomic E-state index is 0.0465. The number of carbonyl (C=O) groups is 3. The fourth-order valence-corrected chi connectivity index (χ4v) is 4.51. The van der Waals surface area contributed by atoms with Gasteiger partial charge in [-0.3, -0.25) is 19.7 Å². The zero-order chi connectivity index (χ0) is 19.2. The third kappa shape index (κ3) is 3.02. The van der Waals surface area contributed by atoms with Gasteiger partial charge in [-0.1, -0.05) is 0 Å². The van der Waals surface area contributed by atoms with Gasteiger partial charge in [-0.15, -0.1) is 0 Å². The van der Waals surface area contributed by atoms with E-state index < -0.39 is 11.6 Å². The van der Waals surface area contributed by atoms with Crippen LogP contribution in [0, 0.1) is 5.92 Å². The first-order valence-electron chi connectivity index (χ1n) is 9.56. The van der Waals surface area contributed by atoms with E-state index in [4.69, 9.17) is 0 Å². The van der Waals surface area contributed by atoms with Crippen molar-refractivity contribution in [3.8, 4) is 0 Å². The average Bonchev–Trinajstić information content (AvgIpc) is 2.93. The molecule has 0 aromatic carbocycles. The van der Waals surface area contributed by atoms with Crippen molar-refractivity contribution in [2.75, 3.05) is 13.1 Å². The third-order valence-corrected chi connectivity index (χ3v) is 6.24. The second-order valence-electron chi connectivity index (χ2n) is 7.90. The van der Waals surface area contributed by atoms with Crippen molar-refractivity contribution < 1.29 is 14.4 Å². The number of piperidine rings is 1. The average molecular weight is 372 g/mol. The summed E-state index contributed by atoms with van der Waals surface area (Å²) in [5, 5.41) is 5.00. The molecule has 4 amide bonds. The highest BCUT2D eigenvalue weighted by Crippen LogP contribution is 2.31. The summed E-state index contributed by atoms with van der Waals surface area (Å²) in [5.41, 5.74) is 0.967. The summed E-state index contributed by atoms with van der Waals surface area (Å²) in [7, 11) is 0. The summed E-state index contributed by atoms with van der Waals surface area (Å²) in [4.78, 5) is 53.4. The standard InChI is InChI=1S/C19H24N4O4/c1-19(17(26)21-18(27)22-19)12-6-8-23(9-7-12)16(25)13-10-11-4-2-3-5-14(11)20-15(13)24/h10,12H,2-9H2,1H3,(H,20,24)(H2,21,22,26,27). The second kappa shape index (κ2) is 6.51. The van der Waals surface area contributed by atoms with Crippen molar-refractivity contribution in [3.63, 3.8) is 0 Å². The molecule has 8 heteroatoms. The van der Waals surface area contributed by atoms with Gasteiger partial charge in [0.15, 0.2) is 0 Å². The number of imide groups is 1. The van der Waals surface area contributed by atoms with Crippen LogP contribution in [0.5, 0.6) is 0 Å². The van der Waals surface area contributed by atoms with Crippen molar-refractivity contribution in [2.24, 2.45) is 5.92 Å². The Balaban J connectivity index is 1.47. The number of aryl methyl sites for hydroxylation is 2. The first kappa shape index (κ1) is 17.8. The molecule has 0 bridgehead atoms. The fourth-order valence-electron chi connectivity index (χ4n) is 4.51. The molecule has 4 rings (SSSR count). The number of likely N-dealkylation sites (tertiary alicyclic amines) is 1. The lowest BCUT2D eigenvalue weighted by atomic mass is 9.79. The second-order valence-corrected chi connectivity index (χ2v) is 7.90. The zero-order valence-electron chi connectivity index (χ0n) is 15.4. The monoisotopic (exact) mass is 372 g/mol. The Morgan fingerprint density at radius 1 is 1.15 bits per heavy atom. The molecule has 1 atom stereocenters. The lowest BCUT2D eigenvalue weighted by molar-refractivity contribution is -0.125. The maximum absolute atomic E-state index is 12.9. The molecule has 2 aliphatic heterocycles. The Morgan fingerprint density at radius 3 is 2.52 bits per heavy atom. The van der Waals surface area contributed by atoms with Crippen LogP contribution in [0.2, 0.25) is 0 Å². The smallest absolute Gasteiger partial charge is 0.322 e. The quantitative estimate of drug-likeness (QED) is 0.664. The summed E-state index contributed by atoms with van der Waals surface area (Å²) < 4.78 is 0. The van der Waals surface area contributed by atoms with Crippen molar-refractivity contribution in [3.05, 3.63) is 33.2 Å². The molecular weight excluding hydrogens is 348 g/mol. The van der Waals surface area contributed by atoms with Gasteiger partial charge in [-0.2, -0.15) is 0 Å². The predicted octanol–water partition coefficient (Wildman–Crippen LogP) is 0.704. The van der Waals surface area contributed by atoms with Crippen molar-refractivity contribution in [2.45, 2.75) is 51.0 Å². The van der Waals surface area contributed by atoms with Crippen LogP contribution in [0.4, 0.5) is 4.79 Å². The lowest BCUT2D eigenvalue weighted by Gasteiger charge is -2.38. The molecule has 2 fully saturated rings. The number of H-pyrrole nitrogens is 1. The number of urea groups is 1. The maximum atomic E-state index is 12.9. The molecule has 2 saturated heterocycles. The van der Waals surface area contributed by atoms with Crippen LogP contribution in [-0.4, -0.2) is 46.4 Å². The number of nitrogens with one attached hydrogen (secondary N) is 3. The van der Waals surface area contributed by atoms with Gasteiger partial charge in [-0.05, 0) is 63.0 Å². The Kier molecular flexibility index (Phi) is 4.28. The number of rotatable bonds is 2. The van der Waals surface area contributed by atoms with E-state index in [-0.39, 0.29) is 28.9 Å². The number of aromatic nitrogens is 1. The van der Waals surface area contributed by atoms with Crippen LogP contribution in [-0.2, 0) is 17.6 Å². The van der Waals surface area contributed by atoms with E-state index >= 15 is 0 Å². The molecule has 1 aliphatic carbocycles. The largest absolute Gasteiger partial charge is 0.338 e. The van der Waals surface area contributed by atoms with Crippen molar-refractivity contribution in [1.29, 1.82) is 0 Å². The summed E-state index contributed by atoms with van der Waals surface area (Å²) in [5.74, 6) is -0.619. The van der Waals surface area contributed by atoms with Crippen molar-refractivity contribution >= 4 is 17.8 Å². The predicted molar refractivity (Wildman–Crippen MR) is 97.4 cm³/mol. The van der Waals surface area contributed by atoms with Gasteiger partial charge in [0, 0.05) is 18.8 Å². The SMILES string of the molecule is CC1(C2CCN(C(=O)c3cc4c([nH]c3=O)CCCC4)CC2)NC(=O)NC1=O. The van der Waals surface area contributed by atoms with E-state index in [0.29, 0.717) is 25.9 Å². The number of aromatic amines is 1. The Bertz CT molecular complexity index is 869. The van der Waals surface area contributed by atoms with E-state index in [9.17, 15) is 19.2 Å². The molecule has 0 spiro atoms.